The molecule has 98 valence electrons. The lowest BCUT2D eigenvalue weighted by molar-refractivity contribution is -0.121. The van der Waals surface area contributed by atoms with Crippen LogP contribution in [-0.2, 0) is 16.1 Å². The van der Waals surface area contributed by atoms with Crippen molar-refractivity contribution in [2.24, 2.45) is 0 Å². The van der Waals surface area contributed by atoms with Gasteiger partial charge in [0.15, 0.2) is 0 Å². The van der Waals surface area contributed by atoms with E-state index in [1.165, 1.54) is 10.9 Å². The molecule has 1 saturated heterocycles. The number of amides is 2. The molecule has 0 saturated carbocycles. The van der Waals surface area contributed by atoms with E-state index < -0.39 is 0 Å². The van der Waals surface area contributed by atoms with Gasteiger partial charge in [-0.15, -0.1) is 0 Å². The lowest BCUT2D eigenvalue weighted by Crippen LogP contribution is -2.35. The summed E-state index contributed by atoms with van der Waals surface area (Å²) in [6.07, 6.45) is 5.06. The van der Waals surface area contributed by atoms with E-state index >= 15 is 0 Å². The van der Waals surface area contributed by atoms with Crippen LogP contribution in [0.5, 0.6) is 0 Å². The summed E-state index contributed by atoms with van der Waals surface area (Å²) in [7, 11) is 1.57. The Balaban J connectivity index is 1.89. The van der Waals surface area contributed by atoms with Crippen LogP contribution in [0.3, 0.4) is 0 Å². The van der Waals surface area contributed by atoms with E-state index in [4.69, 9.17) is 0 Å². The summed E-state index contributed by atoms with van der Waals surface area (Å²) in [6.45, 7) is 1.03. The van der Waals surface area contributed by atoms with Crippen LogP contribution in [0.1, 0.15) is 12.8 Å². The highest BCUT2D eigenvalue weighted by Gasteiger charge is 2.22. The van der Waals surface area contributed by atoms with Crippen molar-refractivity contribution < 1.29 is 9.59 Å². The van der Waals surface area contributed by atoms with Crippen molar-refractivity contribution in [1.29, 1.82) is 0 Å². The molecule has 2 amide bonds. The van der Waals surface area contributed by atoms with Crippen molar-refractivity contribution in [3.8, 4) is 0 Å². The zero-order valence-electron chi connectivity index (χ0n) is 10.3. The summed E-state index contributed by atoms with van der Waals surface area (Å²) in [5.74, 6) is -0.180. The normalized spacial score (nSPS) is 18.6. The molecule has 1 atom stereocenters. The molecule has 0 radical (unpaired) electrons. The Morgan fingerprint density at radius 2 is 2.44 bits per heavy atom. The van der Waals surface area contributed by atoms with E-state index in [0.29, 0.717) is 5.69 Å². The predicted molar refractivity (Wildman–Crippen MR) is 65.9 cm³/mol. The van der Waals surface area contributed by atoms with E-state index in [-0.39, 0.29) is 24.4 Å². The summed E-state index contributed by atoms with van der Waals surface area (Å²) in [5.41, 5.74) is 0.609. The van der Waals surface area contributed by atoms with E-state index in [1.54, 1.807) is 13.2 Å². The Kier molecular flexibility index (Phi) is 3.93. The Bertz CT molecular complexity index is 436. The van der Waals surface area contributed by atoms with Crippen LogP contribution >= 0.6 is 0 Å². The summed E-state index contributed by atoms with van der Waals surface area (Å²) >= 11 is 0. The fourth-order valence-corrected chi connectivity index (χ4v) is 1.88. The van der Waals surface area contributed by atoms with Gasteiger partial charge in [-0.1, -0.05) is 0 Å². The molecule has 1 aromatic rings. The third-order valence-electron chi connectivity index (χ3n) is 2.86. The number of aromatic nitrogens is 2. The minimum atomic E-state index is -0.131. The van der Waals surface area contributed by atoms with Gasteiger partial charge in [0, 0.05) is 13.2 Å². The molecule has 18 heavy (non-hydrogen) atoms. The number of nitrogens with one attached hydrogen (secondary N) is 3. The van der Waals surface area contributed by atoms with Crippen molar-refractivity contribution in [3.05, 3.63) is 12.4 Å². The number of hydrogen-bond acceptors (Lipinski definition) is 4. The van der Waals surface area contributed by atoms with Gasteiger partial charge in [0.1, 0.15) is 6.54 Å². The third kappa shape index (κ3) is 3.07. The van der Waals surface area contributed by atoms with Gasteiger partial charge in [0.25, 0.3) is 0 Å². The molecule has 7 heteroatoms. The summed E-state index contributed by atoms with van der Waals surface area (Å²) in [4.78, 5) is 23.0. The van der Waals surface area contributed by atoms with Gasteiger partial charge in [-0.25, -0.2) is 0 Å². The van der Waals surface area contributed by atoms with Gasteiger partial charge in [-0.3, -0.25) is 14.3 Å². The van der Waals surface area contributed by atoms with E-state index in [9.17, 15) is 9.59 Å². The largest absolute Gasteiger partial charge is 0.358 e. The maximum absolute atomic E-state index is 11.8. The topological polar surface area (TPSA) is 88.0 Å². The molecule has 1 fully saturated rings. The molecule has 3 N–H and O–H groups in total. The quantitative estimate of drug-likeness (QED) is 0.661. The van der Waals surface area contributed by atoms with Gasteiger partial charge in [-0.05, 0) is 19.4 Å². The second kappa shape index (κ2) is 5.63. The predicted octanol–water partition coefficient (Wildman–Crippen LogP) is -0.680. The zero-order valence-corrected chi connectivity index (χ0v) is 10.3. The average molecular weight is 251 g/mol. The Labute approximate surface area is 105 Å². The first-order chi connectivity index (χ1) is 8.69. The molecule has 1 unspecified atom stereocenters. The highest BCUT2D eigenvalue weighted by molar-refractivity contribution is 5.94. The fourth-order valence-electron chi connectivity index (χ4n) is 1.88. The molecule has 2 rings (SSSR count). The Morgan fingerprint density at radius 3 is 3.11 bits per heavy atom. The van der Waals surface area contributed by atoms with Crippen LogP contribution in [0.2, 0.25) is 0 Å². The average Bonchev–Trinajstić information content (AvgIpc) is 3.00. The monoisotopic (exact) mass is 251 g/mol. The molecule has 1 aliphatic heterocycles. The molecule has 0 aromatic carbocycles. The molecule has 0 aliphatic carbocycles. The van der Waals surface area contributed by atoms with Gasteiger partial charge in [-0.2, -0.15) is 5.10 Å². The zero-order chi connectivity index (χ0) is 13.0. The first-order valence-electron chi connectivity index (χ1n) is 5.96. The van der Waals surface area contributed by atoms with Gasteiger partial charge < -0.3 is 16.0 Å². The van der Waals surface area contributed by atoms with Crippen LogP contribution < -0.4 is 16.0 Å². The number of likely N-dealkylation sites (N-methyl/N-ethyl adjacent to an activating group) is 1. The van der Waals surface area contributed by atoms with Gasteiger partial charge >= 0.3 is 0 Å². The molecular weight excluding hydrogens is 234 g/mol. The van der Waals surface area contributed by atoms with E-state index in [2.05, 4.69) is 21.0 Å². The van der Waals surface area contributed by atoms with Crippen molar-refractivity contribution >= 4 is 17.5 Å². The van der Waals surface area contributed by atoms with E-state index in [1.807, 2.05) is 0 Å². The minimum absolute atomic E-state index is 0.0491. The summed E-state index contributed by atoms with van der Waals surface area (Å²) in [5, 5.41) is 12.4. The van der Waals surface area contributed by atoms with Crippen LogP contribution in [-0.4, -0.2) is 41.2 Å². The highest BCUT2D eigenvalue weighted by atomic mass is 16.2. The van der Waals surface area contributed by atoms with Crippen LogP contribution in [0.15, 0.2) is 12.4 Å². The minimum Gasteiger partial charge on any atom is -0.358 e. The number of hydrogen-bond donors (Lipinski definition) is 3. The third-order valence-corrected chi connectivity index (χ3v) is 2.86. The molecule has 1 aromatic heterocycles. The van der Waals surface area contributed by atoms with Crippen LogP contribution in [0, 0.1) is 0 Å². The number of carbonyl (C=O) groups excluding carboxylic acids is 2. The second-order valence-electron chi connectivity index (χ2n) is 4.24. The maximum atomic E-state index is 11.8. The molecule has 1 aliphatic rings. The Hall–Kier alpha value is -1.89. The number of nitrogens with zero attached hydrogens (tertiary/aromatic N) is 2. The number of carbonyl (C=O) groups is 2. The smallest absolute Gasteiger partial charge is 0.241 e. The first-order valence-corrected chi connectivity index (χ1v) is 5.96. The fraction of sp³-hybridized carbons (Fsp3) is 0.545. The molecule has 0 spiro atoms. The van der Waals surface area contributed by atoms with Crippen molar-refractivity contribution in [1.82, 2.24) is 20.4 Å². The molecular formula is C11H17N5O2. The molecule has 0 bridgehead atoms. The summed E-state index contributed by atoms with van der Waals surface area (Å²) in [6, 6.07) is -0.118. The highest BCUT2D eigenvalue weighted by Crippen LogP contribution is 2.10. The lowest BCUT2D eigenvalue weighted by atomic mass is 10.2. The lowest BCUT2D eigenvalue weighted by Gasteiger charge is -2.08. The van der Waals surface area contributed by atoms with Crippen molar-refractivity contribution in [2.45, 2.75) is 25.4 Å². The van der Waals surface area contributed by atoms with Crippen molar-refractivity contribution in [2.75, 3.05) is 18.9 Å². The SMILES string of the molecule is CNC(=O)Cn1cc(NC(=O)C2CCCN2)cn1. The van der Waals surface area contributed by atoms with E-state index in [0.717, 1.165) is 19.4 Å². The standard InChI is InChI=1S/C11H17N5O2/c1-12-10(17)7-16-6-8(5-14-16)15-11(18)9-3-2-4-13-9/h5-6,9,13H,2-4,7H2,1H3,(H,12,17)(H,15,18). The Morgan fingerprint density at radius 1 is 1.61 bits per heavy atom. The van der Waals surface area contributed by atoms with Gasteiger partial charge in [0.05, 0.1) is 17.9 Å². The molecule has 2 heterocycles. The number of rotatable bonds is 4. The first kappa shape index (κ1) is 12.6. The van der Waals surface area contributed by atoms with Crippen LogP contribution in [0.4, 0.5) is 5.69 Å². The molecule has 7 nitrogen and oxygen atoms in total. The summed E-state index contributed by atoms with van der Waals surface area (Å²) < 4.78 is 1.48. The van der Waals surface area contributed by atoms with Crippen molar-refractivity contribution in [3.63, 3.8) is 0 Å². The van der Waals surface area contributed by atoms with Crippen LogP contribution in [0.25, 0.3) is 0 Å². The van der Waals surface area contributed by atoms with Gasteiger partial charge in [0.2, 0.25) is 11.8 Å². The maximum Gasteiger partial charge on any atom is 0.241 e. The second-order valence-corrected chi connectivity index (χ2v) is 4.24. The number of anilines is 1.